The number of halogens is 2. The SMILES string of the molecule is C[C@H]1CCCN1C(=O)c1nc(C(=O)N[C@@H]2CC[C@H]2O)sc1-c1cnc(NC(C)(C)C)cc1C(F)F. The van der Waals surface area contributed by atoms with Gasteiger partial charge in [-0.15, -0.1) is 11.3 Å². The Morgan fingerprint density at radius 3 is 2.54 bits per heavy atom. The van der Waals surface area contributed by atoms with E-state index in [0.29, 0.717) is 25.2 Å². The molecule has 1 saturated heterocycles. The minimum atomic E-state index is -2.83. The fourth-order valence-electron chi connectivity index (χ4n) is 4.29. The smallest absolute Gasteiger partial charge is 0.280 e. The van der Waals surface area contributed by atoms with E-state index in [4.69, 9.17) is 0 Å². The molecule has 3 N–H and O–H groups in total. The molecule has 1 aliphatic carbocycles. The molecule has 8 nitrogen and oxygen atoms in total. The summed E-state index contributed by atoms with van der Waals surface area (Å²) in [6.07, 6.45) is 0.789. The zero-order valence-electron chi connectivity index (χ0n) is 20.3. The van der Waals surface area contributed by atoms with Gasteiger partial charge in [0.05, 0.1) is 17.0 Å². The number of hydrogen-bond acceptors (Lipinski definition) is 7. The monoisotopic (exact) mass is 507 g/mol. The van der Waals surface area contributed by atoms with Crippen molar-refractivity contribution in [1.29, 1.82) is 0 Å². The maximum atomic E-state index is 14.2. The van der Waals surface area contributed by atoms with Crippen molar-refractivity contribution in [1.82, 2.24) is 20.2 Å². The summed E-state index contributed by atoms with van der Waals surface area (Å²) in [4.78, 5) is 36.8. The van der Waals surface area contributed by atoms with Crippen LogP contribution in [0.4, 0.5) is 14.6 Å². The van der Waals surface area contributed by atoms with Gasteiger partial charge in [-0.25, -0.2) is 18.7 Å². The molecule has 3 heterocycles. The fraction of sp³-hybridized carbons (Fsp3) is 0.583. The highest BCUT2D eigenvalue weighted by Gasteiger charge is 2.35. The molecule has 0 unspecified atom stereocenters. The van der Waals surface area contributed by atoms with Crippen LogP contribution in [0.3, 0.4) is 0 Å². The number of alkyl halides is 2. The van der Waals surface area contributed by atoms with Gasteiger partial charge in [-0.2, -0.15) is 0 Å². The van der Waals surface area contributed by atoms with Crippen LogP contribution in [0.25, 0.3) is 10.4 Å². The Morgan fingerprint density at radius 1 is 1.26 bits per heavy atom. The zero-order valence-corrected chi connectivity index (χ0v) is 21.1. The minimum Gasteiger partial charge on any atom is -0.391 e. The van der Waals surface area contributed by atoms with Gasteiger partial charge in [-0.05, 0) is 59.4 Å². The molecule has 0 radical (unpaired) electrons. The summed E-state index contributed by atoms with van der Waals surface area (Å²) in [5, 5.41) is 15.6. The number of pyridine rings is 1. The number of carbonyl (C=O) groups excluding carboxylic acids is 2. The second kappa shape index (κ2) is 9.77. The Labute approximate surface area is 207 Å². The topological polar surface area (TPSA) is 107 Å². The van der Waals surface area contributed by atoms with E-state index in [0.717, 1.165) is 24.2 Å². The van der Waals surface area contributed by atoms with Crippen LogP contribution in [0, 0.1) is 0 Å². The number of nitrogens with zero attached hydrogens (tertiary/aromatic N) is 3. The van der Waals surface area contributed by atoms with Crippen LogP contribution in [0.5, 0.6) is 0 Å². The third-order valence-corrected chi connectivity index (χ3v) is 7.40. The first-order chi connectivity index (χ1) is 16.4. The van der Waals surface area contributed by atoms with Crippen molar-refractivity contribution in [2.75, 3.05) is 11.9 Å². The predicted molar refractivity (Wildman–Crippen MR) is 130 cm³/mol. The highest BCUT2D eigenvalue weighted by atomic mass is 32.1. The molecule has 2 aromatic rings. The van der Waals surface area contributed by atoms with Crippen LogP contribution in [0.1, 0.15) is 85.7 Å². The Bertz CT molecular complexity index is 1120. The van der Waals surface area contributed by atoms with E-state index >= 15 is 0 Å². The lowest BCUT2D eigenvalue weighted by Crippen LogP contribution is -2.50. The number of carbonyl (C=O) groups is 2. The number of aromatic nitrogens is 2. The number of nitrogens with one attached hydrogen (secondary N) is 2. The minimum absolute atomic E-state index is 0.00795. The maximum absolute atomic E-state index is 14.2. The average Bonchev–Trinajstić information content (AvgIpc) is 3.41. The normalized spacial score (nSPS) is 22.3. The lowest BCUT2D eigenvalue weighted by molar-refractivity contribution is 0.0447. The van der Waals surface area contributed by atoms with Gasteiger partial charge in [0.2, 0.25) is 0 Å². The molecule has 2 fully saturated rings. The molecule has 1 saturated carbocycles. The predicted octanol–water partition coefficient (Wildman–Crippen LogP) is 4.23. The van der Waals surface area contributed by atoms with Gasteiger partial charge in [0.25, 0.3) is 18.2 Å². The van der Waals surface area contributed by atoms with E-state index in [1.807, 2.05) is 27.7 Å². The van der Waals surface area contributed by atoms with Crippen LogP contribution < -0.4 is 10.6 Å². The third-order valence-electron chi connectivity index (χ3n) is 6.31. The van der Waals surface area contributed by atoms with Gasteiger partial charge in [0.15, 0.2) is 5.01 Å². The van der Waals surface area contributed by atoms with E-state index in [9.17, 15) is 23.5 Å². The molecule has 35 heavy (non-hydrogen) atoms. The van der Waals surface area contributed by atoms with Gasteiger partial charge in [-0.3, -0.25) is 9.59 Å². The fourth-order valence-corrected chi connectivity index (χ4v) is 5.28. The standard InChI is InChI=1S/C24H31F2N5O3S/c1-12-6-5-9-31(12)23(34)18-19(35-22(29-18)21(33)28-15-7-8-16(15)32)14-11-27-17(30-24(2,3)4)10-13(14)20(25)26/h10-12,15-16,20,32H,5-9H2,1-4H3,(H,27,30)(H,28,33)/t12-,15+,16+/m0/s1. The number of aliphatic hydroxyl groups excluding tert-OH is 1. The molecule has 1 aliphatic heterocycles. The molecule has 4 rings (SSSR count). The van der Waals surface area contributed by atoms with Gasteiger partial charge < -0.3 is 20.6 Å². The molecule has 0 aromatic carbocycles. The molecule has 190 valence electrons. The quantitative estimate of drug-likeness (QED) is 0.540. The molecule has 2 aromatic heterocycles. The number of anilines is 1. The first-order valence-corrected chi connectivity index (χ1v) is 12.6. The summed E-state index contributed by atoms with van der Waals surface area (Å²) >= 11 is 0.891. The zero-order chi connectivity index (χ0) is 25.5. The number of hydrogen-bond donors (Lipinski definition) is 3. The van der Waals surface area contributed by atoms with E-state index in [-0.39, 0.29) is 50.2 Å². The Balaban J connectivity index is 1.76. The van der Waals surface area contributed by atoms with Crippen molar-refractivity contribution in [3.8, 4) is 10.4 Å². The number of rotatable bonds is 6. The van der Waals surface area contributed by atoms with Crippen molar-refractivity contribution in [2.24, 2.45) is 0 Å². The van der Waals surface area contributed by atoms with Crippen LogP contribution in [-0.4, -0.2) is 62.1 Å². The maximum Gasteiger partial charge on any atom is 0.280 e. The Hall–Kier alpha value is -2.66. The first-order valence-electron chi connectivity index (χ1n) is 11.8. The molecule has 0 bridgehead atoms. The summed E-state index contributed by atoms with van der Waals surface area (Å²) in [6.45, 7) is 8.16. The van der Waals surface area contributed by atoms with Crippen molar-refractivity contribution < 1.29 is 23.5 Å². The second-order valence-corrected chi connectivity index (χ2v) is 11.2. The summed E-state index contributed by atoms with van der Waals surface area (Å²) < 4.78 is 28.4. The van der Waals surface area contributed by atoms with Gasteiger partial charge in [0.1, 0.15) is 11.5 Å². The summed E-state index contributed by atoms with van der Waals surface area (Å²) in [7, 11) is 0. The van der Waals surface area contributed by atoms with Crippen molar-refractivity contribution in [2.45, 2.75) is 83.5 Å². The van der Waals surface area contributed by atoms with Gasteiger partial charge >= 0.3 is 0 Å². The lowest BCUT2D eigenvalue weighted by Gasteiger charge is -2.32. The number of aliphatic hydroxyl groups is 1. The number of likely N-dealkylation sites (tertiary alicyclic amines) is 1. The Kier molecular flexibility index (Phi) is 7.10. The van der Waals surface area contributed by atoms with Gasteiger partial charge in [0, 0.05) is 35.4 Å². The molecule has 0 spiro atoms. The van der Waals surface area contributed by atoms with Crippen LogP contribution >= 0.6 is 11.3 Å². The van der Waals surface area contributed by atoms with E-state index in [1.165, 1.54) is 12.3 Å². The highest BCUT2D eigenvalue weighted by Crippen LogP contribution is 2.39. The lowest BCUT2D eigenvalue weighted by atomic mass is 9.89. The summed E-state index contributed by atoms with van der Waals surface area (Å²) in [5.74, 6) is -0.633. The largest absolute Gasteiger partial charge is 0.391 e. The molecular weight excluding hydrogens is 476 g/mol. The Morgan fingerprint density at radius 2 is 2.00 bits per heavy atom. The van der Waals surface area contributed by atoms with Gasteiger partial charge in [-0.1, -0.05) is 0 Å². The summed E-state index contributed by atoms with van der Waals surface area (Å²) in [6, 6.07) is 0.890. The van der Waals surface area contributed by atoms with Crippen molar-refractivity contribution in [3.05, 3.63) is 28.5 Å². The number of thiazole rings is 1. The number of amides is 2. The van der Waals surface area contributed by atoms with Crippen LogP contribution in [-0.2, 0) is 0 Å². The van der Waals surface area contributed by atoms with Crippen molar-refractivity contribution in [3.63, 3.8) is 0 Å². The molecule has 11 heteroatoms. The molecule has 2 aliphatic rings. The molecule has 2 amide bonds. The second-order valence-electron chi connectivity index (χ2n) is 10.2. The van der Waals surface area contributed by atoms with Crippen LogP contribution in [0.15, 0.2) is 12.3 Å². The van der Waals surface area contributed by atoms with Crippen LogP contribution in [0.2, 0.25) is 0 Å². The van der Waals surface area contributed by atoms with E-state index < -0.39 is 18.4 Å². The molecular formula is C24H31F2N5O3S. The third kappa shape index (κ3) is 5.45. The molecule has 3 atom stereocenters. The van der Waals surface area contributed by atoms with Crippen molar-refractivity contribution >= 4 is 29.0 Å². The highest BCUT2D eigenvalue weighted by molar-refractivity contribution is 7.17. The summed E-state index contributed by atoms with van der Waals surface area (Å²) in [5.41, 5.74) is -0.624. The average molecular weight is 508 g/mol. The first kappa shape index (κ1) is 25.4. The van der Waals surface area contributed by atoms with E-state index in [1.54, 1.807) is 4.90 Å². The van der Waals surface area contributed by atoms with E-state index in [2.05, 4.69) is 20.6 Å².